The summed E-state index contributed by atoms with van der Waals surface area (Å²) in [7, 11) is 0. The van der Waals surface area contributed by atoms with E-state index in [1.165, 1.54) is 12.1 Å². The highest BCUT2D eigenvalue weighted by atomic mass is 35.5. The Morgan fingerprint density at radius 1 is 1.21 bits per heavy atom. The molecule has 180 valence electrons. The van der Waals surface area contributed by atoms with E-state index < -0.39 is 29.5 Å². The van der Waals surface area contributed by atoms with Gasteiger partial charge in [-0.2, -0.15) is 0 Å². The highest BCUT2D eigenvalue weighted by molar-refractivity contribution is 5.94. The lowest BCUT2D eigenvalue weighted by Gasteiger charge is -2.32. The Hall–Kier alpha value is -3.37. The van der Waals surface area contributed by atoms with Crippen LogP contribution in [0.5, 0.6) is 0 Å². The quantitative estimate of drug-likeness (QED) is 0.489. The summed E-state index contributed by atoms with van der Waals surface area (Å²) in [6.07, 6.45) is 2.20. The highest BCUT2D eigenvalue weighted by Crippen LogP contribution is 2.24. The third-order valence-electron chi connectivity index (χ3n) is 5.56. The monoisotopic (exact) mass is 491 g/mol. The number of carbonyl (C=O) groups is 2. The van der Waals surface area contributed by atoms with Crippen molar-refractivity contribution < 1.29 is 22.9 Å². The Labute approximate surface area is 200 Å². The van der Waals surface area contributed by atoms with Gasteiger partial charge in [-0.1, -0.05) is 11.2 Å². The van der Waals surface area contributed by atoms with Gasteiger partial charge < -0.3 is 20.5 Å². The molecule has 0 radical (unpaired) electrons. The molecule has 3 atom stereocenters. The van der Waals surface area contributed by atoms with Gasteiger partial charge in [0.2, 0.25) is 5.91 Å². The summed E-state index contributed by atoms with van der Waals surface area (Å²) in [6.45, 7) is 2.88. The number of aromatic nitrogens is 2. The van der Waals surface area contributed by atoms with Crippen molar-refractivity contribution in [1.29, 1.82) is 0 Å². The Morgan fingerprint density at radius 3 is 2.76 bits per heavy atom. The summed E-state index contributed by atoms with van der Waals surface area (Å²) < 4.78 is 32.2. The lowest BCUT2D eigenvalue weighted by Crippen LogP contribution is -2.55. The number of hydrogen-bond acceptors (Lipinski definition) is 6. The largest absolute Gasteiger partial charge is 0.355 e. The van der Waals surface area contributed by atoms with Gasteiger partial charge in [0.15, 0.2) is 11.5 Å². The second-order valence-corrected chi connectivity index (χ2v) is 7.86. The molecule has 2 aromatic heterocycles. The fourth-order valence-electron chi connectivity index (χ4n) is 3.77. The Kier molecular flexibility index (Phi) is 8.30. The van der Waals surface area contributed by atoms with Gasteiger partial charge in [-0.3, -0.25) is 14.6 Å². The van der Waals surface area contributed by atoms with E-state index in [0.717, 1.165) is 17.8 Å². The molecule has 0 bridgehead atoms. The van der Waals surface area contributed by atoms with Crippen molar-refractivity contribution in [1.82, 2.24) is 26.1 Å². The lowest BCUT2D eigenvalue weighted by molar-refractivity contribution is -0.126. The van der Waals surface area contributed by atoms with E-state index in [2.05, 4.69) is 26.1 Å². The average Bonchev–Trinajstić information content (AvgIpc) is 3.30. The van der Waals surface area contributed by atoms with Crippen LogP contribution in [0.15, 0.2) is 53.2 Å². The number of pyridine rings is 1. The normalized spacial score (nSPS) is 18.4. The minimum absolute atomic E-state index is 0. The van der Waals surface area contributed by atoms with Crippen molar-refractivity contribution in [2.75, 3.05) is 13.1 Å². The van der Waals surface area contributed by atoms with E-state index in [9.17, 15) is 18.4 Å². The average molecular weight is 492 g/mol. The molecule has 1 aromatic carbocycles. The van der Waals surface area contributed by atoms with E-state index in [4.69, 9.17) is 4.52 Å². The first-order valence-corrected chi connectivity index (χ1v) is 10.6. The van der Waals surface area contributed by atoms with Crippen LogP contribution in [0.3, 0.4) is 0 Å². The SMILES string of the molecule is CC(NC(=O)[C@@H]1CNCC[C@H]1NC(=O)c1cc(-c2ccc(F)cc2F)on1)c1ccccn1.Cl. The summed E-state index contributed by atoms with van der Waals surface area (Å²) in [5, 5.41) is 12.7. The number of nitrogens with zero attached hydrogens (tertiary/aromatic N) is 2. The smallest absolute Gasteiger partial charge is 0.273 e. The summed E-state index contributed by atoms with van der Waals surface area (Å²) in [6, 6.07) is 9.06. The molecule has 3 aromatic rings. The van der Waals surface area contributed by atoms with Gasteiger partial charge in [0.25, 0.3) is 5.91 Å². The molecule has 0 spiro atoms. The van der Waals surface area contributed by atoms with E-state index >= 15 is 0 Å². The third-order valence-corrected chi connectivity index (χ3v) is 5.56. The lowest BCUT2D eigenvalue weighted by atomic mass is 9.92. The maximum atomic E-state index is 14.0. The van der Waals surface area contributed by atoms with Gasteiger partial charge in [0.05, 0.1) is 23.2 Å². The van der Waals surface area contributed by atoms with Gasteiger partial charge in [-0.25, -0.2) is 8.78 Å². The molecule has 1 unspecified atom stereocenters. The van der Waals surface area contributed by atoms with Crippen molar-refractivity contribution in [3.63, 3.8) is 0 Å². The van der Waals surface area contributed by atoms with Crippen LogP contribution in [-0.4, -0.2) is 41.1 Å². The molecule has 34 heavy (non-hydrogen) atoms. The van der Waals surface area contributed by atoms with Crippen LogP contribution in [0.4, 0.5) is 8.78 Å². The third kappa shape index (κ3) is 5.75. The molecule has 3 N–H and O–H groups in total. The van der Waals surface area contributed by atoms with Crippen LogP contribution in [0.1, 0.15) is 35.6 Å². The van der Waals surface area contributed by atoms with Gasteiger partial charge >= 0.3 is 0 Å². The second-order valence-electron chi connectivity index (χ2n) is 7.86. The van der Waals surface area contributed by atoms with Crippen LogP contribution >= 0.6 is 12.4 Å². The van der Waals surface area contributed by atoms with E-state index in [1.807, 2.05) is 19.1 Å². The van der Waals surface area contributed by atoms with Crippen LogP contribution in [0, 0.1) is 17.6 Å². The van der Waals surface area contributed by atoms with Crippen molar-refractivity contribution in [2.45, 2.75) is 25.4 Å². The zero-order valence-electron chi connectivity index (χ0n) is 18.3. The molecule has 1 fully saturated rings. The topological polar surface area (TPSA) is 109 Å². The predicted octanol–water partition coefficient (Wildman–Crippen LogP) is 3.02. The van der Waals surface area contributed by atoms with Crippen molar-refractivity contribution in [3.8, 4) is 11.3 Å². The summed E-state index contributed by atoms with van der Waals surface area (Å²) >= 11 is 0. The van der Waals surface area contributed by atoms with Gasteiger partial charge in [-0.15, -0.1) is 12.4 Å². The summed E-state index contributed by atoms with van der Waals surface area (Å²) in [5.41, 5.74) is 0.664. The van der Waals surface area contributed by atoms with Gasteiger partial charge in [0, 0.05) is 30.9 Å². The molecule has 1 saturated heterocycles. The second kappa shape index (κ2) is 11.2. The first-order valence-electron chi connectivity index (χ1n) is 10.6. The van der Waals surface area contributed by atoms with Crippen molar-refractivity contribution in [2.24, 2.45) is 5.92 Å². The Bertz CT molecular complexity index is 1140. The standard InChI is InChI=1S/C23H23F2N5O3.ClH/c1-13(18-4-2-3-8-27-18)28-22(31)16-12-26-9-7-19(16)29-23(32)20-11-21(33-30-20)15-6-5-14(24)10-17(15)25;/h2-6,8,10-11,13,16,19,26H,7,9,12H2,1H3,(H,28,31)(H,29,32);1H/t13?,16-,19-;/m1./s1. The molecule has 3 heterocycles. The summed E-state index contributed by atoms with van der Waals surface area (Å²) in [4.78, 5) is 29.9. The minimum Gasteiger partial charge on any atom is -0.355 e. The number of nitrogens with one attached hydrogen (secondary N) is 3. The number of rotatable bonds is 6. The van der Waals surface area contributed by atoms with Crippen LogP contribution in [-0.2, 0) is 4.79 Å². The fraction of sp³-hybridized carbons (Fsp3) is 0.304. The van der Waals surface area contributed by atoms with E-state index in [-0.39, 0.29) is 41.4 Å². The van der Waals surface area contributed by atoms with Crippen molar-refractivity contribution in [3.05, 3.63) is 71.7 Å². The zero-order chi connectivity index (χ0) is 23.4. The number of amides is 2. The molecular formula is C23H24ClF2N5O3. The maximum Gasteiger partial charge on any atom is 0.273 e. The van der Waals surface area contributed by atoms with Crippen LogP contribution in [0.2, 0.25) is 0 Å². The fourth-order valence-corrected chi connectivity index (χ4v) is 3.77. The minimum atomic E-state index is -0.824. The molecule has 0 saturated carbocycles. The molecule has 0 aliphatic carbocycles. The molecule has 11 heteroatoms. The van der Waals surface area contributed by atoms with Crippen molar-refractivity contribution >= 4 is 24.2 Å². The van der Waals surface area contributed by atoms with E-state index in [0.29, 0.717) is 19.5 Å². The molecule has 8 nitrogen and oxygen atoms in total. The van der Waals surface area contributed by atoms with Crippen LogP contribution < -0.4 is 16.0 Å². The van der Waals surface area contributed by atoms with Gasteiger partial charge in [0.1, 0.15) is 11.6 Å². The Morgan fingerprint density at radius 2 is 2.03 bits per heavy atom. The molecule has 4 rings (SSSR count). The van der Waals surface area contributed by atoms with E-state index in [1.54, 1.807) is 12.3 Å². The predicted molar refractivity (Wildman–Crippen MR) is 122 cm³/mol. The van der Waals surface area contributed by atoms with Gasteiger partial charge in [-0.05, 0) is 44.2 Å². The maximum absolute atomic E-state index is 14.0. The summed E-state index contributed by atoms with van der Waals surface area (Å²) in [5.74, 6) is -2.80. The number of carbonyl (C=O) groups excluding carboxylic acids is 2. The number of benzene rings is 1. The molecule has 2 amide bonds. The number of halogens is 3. The molecular weight excluding hydrogens is 468 g/mol. The first kappa shape index (κ1) is 25.3. The zero-order valence-corrected chi connectivity index (χ0v) is 19.1. The molecule has 1 aliphatic heterocycles. The highest BCUT2D eigenvalue weighted by Gasteiger charge is 2.33. The van der Waals surface area contributed by atoms with Crippen LogP contribution in [0.25, 0.3) is 11.3 Å². The first-order chi connectivity index (χ1) is 15.9. The molecule has 1 aliphatic rings. The number of piperidine rings is 1. The number of hydrogen-bond donors (Lipinski definition) is 3. The Balaban J connectivity index is 0.00000324.